The normalized spacial score (nSPS) is 13.8. The van der Waals surface area contributed by atoms with E-state index >= 15 is 0 Å². The van der Waals surface area contributed by atoms with Crippen molar-refractivity contribution in [2.75, 3.05) is 13.2 Å². The molecule has 0 aromatic carbocycles. The van der Waals surface area contributed by atoms with Gasteiger partial charge in [0, 0.05) is 19.2 Å². The largest absolute Gasteiger partial charge is 0.468 e. The van der Waals surface area contributed by atoms with Crippen molar-refractivity contribution in [3.8, 4) is 5.88 Å². The van der Waals surface area contributed by atoms with Crippen LogP contribution in [-0.4, -0.2) is 41.6 Å². The van der Waals surface area contributed by atoms with Gasteiger partial charge < -0.3 is 20.5 Å². The van der Waals surface area contributed by atoms with Gasteiger partial charge in [-0.15, -0.1) is 0 Å². The molecule has 1 heterocycles. The molecule has 0 aliphatic heterocycles. The predicted molar refractivity (Wildman–Crippen MR) is 86.5 cm³/mol. The average Bonchev–Trinajstić information content (AvgIpc) is 2.53. The van der Waals surface area contributed by atoms with Crippen LogP contribution in [0.1, 0.15) is 32.0 Å². The molecule has 0 bridgehead atoms. The molecule has 0 saturated carbocycles. The molecule has 3 N–H and O–H groups in total. The van der Waals surface area contributed by atoms with Gasteiger partial charge in [-0.1, -0.05) is 20.8 Å². The summed E-state index contributed by atoms with van der Waals surface area (Å²) in [6.45, 7) is 2.91. The van der Waals surface area contributed by atoms with Crippen LogP contribution in [0.5, 0.6) is 5.88 Å². The van der Waals surface area contributed by atoms with E-state index in [0.717, 1.165) is 6.07 Å². The lowest BCUT2D eigenvalue weighted by Gasteiger charge is -2.25. The van der Waals surface area contributed by atoms with Crippen molar-refractivity contribution in [2.24, 2.45) is 5.41 Å². The van der Waals surface area contributed by atoms with Crippen LogP contribution < -0.4 is 15.4 Å². The molecule has 1 aromatic heterocycles. The Morgan fingerprint density at radius 3 is 2.25 bits per heavy atom. The van der Waals surface area contributed by atoms with E-state index in [-0.39, 0.29) is 12.1 Å². The van der Waals surface area contributed by atoms with E-state index < -0.39 is 54.6 Å². The molecule has 28 heavy (non-hydrogen) atoms. The first kappa shape index (κ1) is 23.8. The number of hydrogen-bond acceptors (Lipinski definition) is 4. The summed E-state index contributed by atoms with van der Waals surface area (Å²) in [6, 6.07) is 0.683. The van der Waals surface area contributed by atoms with E-state index in [9.17, 15) is 36.2 Å². The number of rotatable bonds is 6. The average molecular weight is 417 g/mol. The number of pyridine rings is 1. The summed E-state index contributed by atoms with van der Waals surface area (Å²) < 4.78 is 79.5. The Kier molecular flexibility index (Phi) is 7.52. The van der Waals surface area contributed by atoms with E-state index in [4.69, 9.17) is 0 Å². The minimum absolute atomic E-state index is 0.0978. The number of carbonyl (C=O) groups is 1. The highest BCUT2D eigenvalue weighted by atomic mass is 19.4. The second-order valence-corrected chi connectivity index (χ2v) is 7.05. The van der Waals surface area contributed by atoms with Crippen LogP contribution in [0.25, 0.3) is 0 Å². The van der Waals surface area contributed by atoms with Gasteiger partial charge in [-0.25, -0.2) is 9.78 Å². The Labute approximate surface area is 157 Å². The predicted octanol–water partition coefficient (Wildman–Crippen LogP) is 3.25. The highest BCUT2D eigenvalue weighted by molar-refractivity contribution is 5.73. The Morgan fingerprint density at radius 2 is 1.75 bits per heavy atom. The van der Waals surface area contributed by atoms with Gasteiger partial charge in [0.1, 0.15) is 5.69 Å². The lowest BCUT2D eigenvalue weighted by atomic mass is 9.89. The molecule has 0 spiro atoms. The van der Waals surface area contributed by atoms with Gasteiger partial charge in [-0.3, -0.25) is 0 Å². The number of hydrogen-bond donors (Lipinski definition) is 3. The highest BCUT2D eigenvalue weighted by Gasteiger charge is 2.34. The summed E-state index contributed by atoms with van der Waals surface area (Å²) in [6.07, 6.45) is -10.5. The van der Waals surface area contributed by atoms with Gasteiger partial charge in [0.15, 0.2) is 6.61 Å². The maximum Gasteiger partial charge on any atom is 0.433 e. The molecule has 0 aliphatic carbocycles. The number of aliphatic hydroxyl groups is 1. The molecule has 1 unspecified atom stereocenters. The monoisotopic (exact) mass is 417 g/mol. The lowest BCUT2D eigenvalue weighted by molar-refractivity contribution is -0.154. The number of ether oxygens (including phenoxy) is 1. The molecule has 1 atom stereocenters. The smallest absolute Gasteiger partial charge is 0.433 e. The van der Waals surface area contributed by atoms with Crippen LogP contribution in [0.4, 0.5) is 31.1 Å². The Balaban J connectivity index is 2.79. The molecular formula is C16H21F6N3O3. The number of urea groups is 1. The van der Waals surface area contributed by atoms with Crippen LogP contribution in [0.3, 0.4) is 0 Å². The summed E-state index contributed by atoms with van der Waals surface area (Å²) in [5.74, 6) is -0.868. The van der Waals surface area contributed by atoms with Crippen molar-refractivity contribution in [3.63, 3.8) is 0 Å². The zero-order valence-electron chi connectivity index (χ0n) is 15.3. The molecular weight excluding hydrogens is 396 g/mol. The fourth-order valence-electron chi connectivity index (χ4n) is 1.78. The zero-order valence-corrected chi connectivity index (χ0v) is 15.3. The molecule has 0 fully saturated rings. The molecule has 0 radical (unpaired) electrons. The second kappa shape index (κ2) is 8.84. The topological polar surface area (TPSA) is 83.5 Å². The first-order valence-electron chi connectivity index (χ1n) is 8.05. The van der Waals surface area contributed by atoms with Crippen LogP contribution in [0.15, 0.2) is 12.1 Å². The maximum atomic E-state index is 12.9. The quantitative estimate of drug-likeness (QED) is 0.621. The molecule has 0 saturated heterocycles. The van der Waals surface area contributed by atoms with Crippen molar-refractivity contribution >= 4 is 6.03 Å². The molecule has 1 rings (SSSR count). The van der Waals surface area contributed by atoms with Crippen molar-refractivity contribution < 1.29 is 41.0 Å². The van der Waals surface area contributed by atoms with Crippen LogP contribution in [0, 0.1) is 5.41 Å². The van der Waals surface area contributed by atoms with E-state index in [1.807, 2.05) is 0 Å². The standard InChI is InChI=1S/C16H21F6N3O3/c1-14(2,3)11(26)7-24-13(27)23-6-9-4-10(16(20,21)22)25-12(5-9)28-8-15(17,18)19/h4-5,11,26H,6-8H2,1-3H3,(H2,23,24,27). The zero-order chi connectivity index (χ0) is 21.8. The fourth-order valence-corrected chi connectivity index (χ4v) is 1.78. The van der Waals surface area contributed by atoms with Crippen LogP contribution in [0.2, 0.25) is 0 Å². The molecule has 160 valence electrons. The minimum Gasteiger partial charge on any atom is -0.468 e. The van der Waals surface area contributed by atoms with E-state index in [1.165, 1.54) is 0 Å². The SMILES string of the molecule is CC(C)(C)C(O)CNC(=O)NCc1cc(OCC(F)(F)F)nc(C(F)(F)F)c1. The number of aromatic nitrogens is 1. The van der Waals surface area contributed by atoms with Gasteiger partial charge in [-0.2, -0.15) is 26.3 Å². The number of aliphatic hydroxyl groups excluding tert-OH is 1. The van der Waals surface area contributed by atoms with Gasteiger partial charge in [0.2, 0.25) is 5.88 Å². The fraction of sp³-hybridized carbons (Fsp3) is 0.625. The van der Waals surface area contributed by atoms with Gasteiger partial charge in [0.05, 0.1) is 6.10 Å². The maximum absolute atomic E-state index is 12.9. The summed E-state index contributed by atoms with van der Waals surface area (Å²) in [7, 11) is 0. The Hall–Kier alpha value is -2.24. The summed E-state index contributed by atoms with van der Waals surface area (Å²) >= 11 is 0. The summed E-state index contributed by atoms with van der Waals surface area (Å²) in [4.78, 5) is 14.7. The van der Waals surface area contributed by atoms with Gasteiger partial charge in [-0.05, 0) is 17.0 Å². The third kappa shape index (κ3) is 8.63. The molecule has 0 aliphatic rings. The third-order valence-corrected chi connectivity index (χ3v) is 3.44. The first-order valence-corrected chi connectivity index (χ1v) is 8.05. The van der Waals surface area contributed by atoms with E-state index in [1.54, 1.807) is 20.8 Å². The van der Waals surface area contributed by atoms with Crippen LogP contribution in [-0.2, 0) is 12.7 Å². The molecule has 12 heteroatoms. The number of carbonyl (C=O) groups excluding carboxylic acids is 1. The van der Waals surface area contributed by atoms with Crippen molar-refractivity contribution in [1.82, 2.24) is 15.6 Å². The van der Waals surface area contributed by atoms with Gasteiger partial charge in [0.25, 0.3) is 0 Å². The van der Waals surface area contributed by atoms with Gasteiger partial charge >= 0.3 is 18.4 Å². The van der Waals surface area contributed by atoms with Crippen LogP contribution >= 0.6 is 0 Å². The number of alkyl halides is 6. The Bertz CT molecular complexity index is 671. The minimum atomic E-state index is -4.91. The molecule has 2 amide bonds. The lowest BCUT2D eigenvalue weighted by Crippen LogP contribution is -2.43. The molecule has 1 aromatic rings. The number of nitrogens with one attached hydrogen (secondary N) is 2. The van der Waals surface area contributed by atoms with E-state index in [0.29, 0.717) is 6.07 Å². The van der Waals surface area contributed by atoms with Crippen molar-refractivity contribution in [1.29, 1.82) is 0 Å². The number of halogens is 6. The van der Waals surface area contributed by atoms with Crippen molar-refractivity contribution in [3.05, 3.63) is 23.4 Å². The summed E-state index contributed by atoms with van der Waals surface area (Å²) in [5.41, 5.74) is -2.11. The van der Waals surface area contributed by atoms with E-state index in [2.05, 4.69) is 20.4 Å². The number of nitrogens with zero attached hydrogens (tertiary/aromatic N) is 1. The third-order valence-electron chi connectivity index (χ3n) is 3.44. The second-order valence-electron chi connectivity index (χ2n) is 7.05. The number of amides is 2. The molecule has 6 nitrogen and oxygen atoms in total. The van der Waals surface area contributed by atoms with Crippen molar-refractivity contribution in [2.45, 2.75) is 45.8 Å². The Morgan fingerprint density at radius 1 is 1.14 bits per heavy atom. The summed E-state index contributed by atoms with van der Waals surface area (Å²) in [5, 5.41) is 14.4. The first-order chi connectivity index (χ1) is 12.6. The highest BCUT2D eigenvalue weighted by Crippen LogP contribution is 2.30.